The lowest BCUT2D eigenvalue weighted by Crippen LogP contribution is -2.30. The van der Waals surface area contributed by atoms with Crippen molar-refractivity contribution in [3.63, 3.8) is 0 Å². The van der Waals surface area contributed by atoms with Gasteiger partial charge in [0, 0.05) is 6.20 Å². The minimum absolute atomic E-state index is 0.0106. The lowest BCUT2D eigenvalue weighted by Gasteiger charge is -2.14. The van der Waals surface area contributed by atoms with Crippen molar-refractivity contribution in [1.82, 2.24) is 14.5 Å². The van der Waals surface area contributed by atoms with Crippen LogP contribution in [-0.4, -0.2) is 14.5 Å². The average molecular weight is 335 g/mol. The number of H-pyrrole nitrogens is 1. The van der Waals surface area contributed by atoms with E-state index in [1.807, 2.05) is 0 Å². The Morgan fingerprint density at radius 1 is 1.12 bits per heavy atom. The first-order valence-electron chi connectivity index (χ1n) is 6.98. The van der Waals surface area contributed by atoms with E-state index in [0.717, 1.165) is 28.3 Å². The van der Waals surface area contributed by atoms with Gasteiger partial charge in [0.1, 0.15) is 0 Å². The Labute approximate surface area is 133 Å². The Morgan fingerprint density at radius 3 is 2.50 bits per heavy atom. The van der Waals surface area contributed by atoms with Crippen LogP contribution >= 0.6 is 0 Å². The molecule has 8 heteroatoms. The Morgan fingerprint density at radius 2 is 1.83 bits per heavy atom. The van der Waals surface area contributed by atoms with E-state index in [2.05, 4.69) is 9.97 Å². The number of aryl methyl sites for hydroxylation is 2. The van der Waals surface area contributed by atoms with Gasteiger partial charge in [0.2, 0.25) is 0 Å². The van der Waals surface area contributed by atoms with Gasteiger partial charge < -0.3 is 0 Å². The normalized spacial score (nSPS) is 11.9. The maximum Gasteiger partial charge on any atom is 0.416 e. The summed E-state index contributed by atoms with van der Waals surface area (Å²) in [6, 6.07) is 4.30. The van der Waals surface area contributed by atoms with E-state index in [9.17, 15) is 22.8 Å². The molecule has 2 heterocycles. The molecular formula is C16H12F3N3O2. The molecule has 0 unspecified atom stereocenters. The number of aromatic amines is 1. The van der Waals surface area contributed by atoms with E-state index in [1.54, 1.807) is 26.1 Å². The van der Waals surface area contributed by atoms with Gasteiger partial charge in [-0.3, -0.25) is 19.3 Å². The number of fused-ring (bicyclic) bond motifs is 1. The summed E-state index contributed by atoms with van der Waals surface area (Å²) in [6.45, 7) is 3.38. The van der Waals surface area contributed by atoms with Gasteiger partial charge in [-0.2, -0.15) is 13.2 Å². The molecule has 0 spiro atoms. The van der Waals surface area contributed by atoms with Crippen molar-refractivity contribution in [1.29, 1.82) is 0 Å². The third kappa shape index (κ3) is 2.60. The highest BCUT2D eigenvalue weighted by atomic mass is 19.4. The van der Waals surface area contributed by atoms with Crippen molar-refractivity contribution >= 4 is 10.9 Å². The number of hydrogen-bond acceptors (Lipinski definition) is 3. The molecule has 1 aromatic carbocycles. The molecule has 0 amide bonds. The van der Waals surface area contributed by atoms with Gasteiger partial charge in [-0.1, -0.05) is 0 Å². The molecule has 3 aromatic rings. The first kappa shape index (κ1) is 16.0. The Balaban J connectivity index is 2.49. The SMILES string of the molecule is Cc1cnc(C)c(-n2c(=O)[nH]c(=O)c3ccc(C(F)(F)F)cc32)c1. The number of pyridine rings is 1. The quantitative estimate of drug-likeness (QED) is 0.743. The summed E-state index contributed by atoms with van der Waals surface area (Å²) in [5.74, 6) is 0. The molecule has 24 heavy (non-hydrogen) atoms. The highest BCUT2D eigenvalue weighted by Crippen LogP contribution is 2.31. The van der Waals surface area contributed by atoms with Gasteiger partial charge in [-0.05, 0) is 43.7 Å². The van der Waals surface area contributed by atoms with Crippen LogP contribution in [0.5, 0.6) is 0 Å². The molecule has 0 aliphatic rings. The average Bonchev–Trinajstić information content (AvgIpc) is 2.49. The molecule has 0 bridgehead atoms. The van der Waals surface area contributed by atoms with Gasteiger partial charge >= 0.3 is 11.9 Å². The van der Waals surface area contributed by atoms with Crippen molar-refractivity contribution in [3.8, 4) is 5.69 Å². The summed E-state index contributed by atoms with van der Waals surface area (Å²) in [4.78, 5) is 30.5. The molecule has 124 valence electrons. The van der Waals surface area contributed by atoms with Crippen molar-refractivity contribution < 1.29 is 13.2 Å². The molecule has 0 radical (unpaired) electrons. The van der Waals surface area contributed by atoms with Crippen LogP contribution in [0, 0.1) is 13.8 Å². The van der Waals surface area contributed by atoms with Crippen LogP contribution in [-0.2, 0) is 6.18 Å². The van der Waals surface area contributed by atoms with E-state index in [-0.39, 0.29) is 10.9 Å². The highest BCUT2D eigenvalue weighted by Gasteiger charge is 2.31. The second-order valence-corrected chi connectivity index (χ2v) is 5.44. The van der Waals surface area contributed by atoms with Crippen LogP contribution in [0.1, 0.15) is 16.8 Å². The van der Waals surface area contributed by atoms with E-state index in [1.165, 1.54) is 0 Å². The number of benzene rings is 1. The van der Waals surface area contributed by atoms with Crippen molar-refractivity contribution in [2.24, 2.45) is 0 Å². The van der Waals surface area contributed by atoms with Crippen molar-refractivity contribution in [2.45, 2.75) is 20.0 Å². The fraction of sp³-hybridized carbons (Fsp3) is 0.188. The zero-order valence-corrected chi connectivity index (χ0v) is 12.7. The maximum atomic E-state index is 13.0. The predicted octanol–water partition coefficient (Wildman–Crippen LogP) is 2.71. The highest BCUT2D eigenvalue weighted by molar-refractivity contribution is 5.80. The molecule has 0 fully saturated rings. The lowest BCUT2D eigenvalue weighted by molar-refractivity contribution is -0.137. The number of aromatic nitrogens is 3. The summed E-state index contributed by atoms with van der Waals surface area (Å²) >= 11 is 0. The Hall–Kier alpha value is -2.90. The second kappa shape index (κ2) is 5.33. The van der Waals surface area contributed by atoms with Crippen LogP contribution in [0.15, 0.2) is 40.1 Å². The fourth-order valence-corrected chi connectivity index (χ4v) is 2.50. The Kier molecular flexibility index (Phi) is 3.55. The van der Waals surface area contributed by atoms with Gasteiger partial charge in [0.15, 0.2) is 0 Å². The summed E-state index contributed by atoms with van der Waals surface area (Å²) in [5.41, 5.74) is -1.11. The number of nitrogens with zero attached hydrogens (tertiary/aromatic N) is 2. The standard InChI is InChI=1S/C16H12F3N3O2/c1-8-5-12(9(2)20-7-8)22-13-6-10(16(17,18)19)3-4-11(13)14(23)21-15(22)24/h3-7H,1-2H3,(H,21,23,24). The number of alkyl halides is 3. The van der Waals surface area contributed by atoms with Gasteiger partial charge in [0.05, 0.1) is 27.8 Å². The monoisotopic (exact) mass is 335 g/mol. The van der Waals surface area contributed by atoms with Crippen LogP contribution in [0.25, 0.3) is 16.6 Å². The van der Waals surface area contributed by atoms with Crippen molar-refractivity contribution in [2.75, 3.05) is 0 Å². The molecule has 0 saturated carbocycles. The van der Waals surface area contributed by atoms with E-state index in [4.69, 9.17) is 0 Å². The number of halogens is 3. The zero-order valence-electron chi connectivity index (χ0n) is 12.7. The Bertz CT molecular complexity index is 1060. The molecule has 1 N–H and O–H groups in total. The summed E-state index contributed by atoms with van der Waals surface area (Å²) in [5, 5.41) is -0.0106. The molecule has 2 aromatic heterocycles. The smallest absolute Gasteiger partial charge is 0.273 e. The number of hydrogen-bond donors (Lipinski definition) is 1. The third-order valence-corrected chi connectivity index (χ3v) is 3.67. The van der Waals surface area contributed by atoms with E-state index >= 15 is 0 Å². The predicted molar refractivity (Wildman–Crippen MR) is 82.4 cm³/mol. The molecule has 3 rings (SSSR count). The third-order valence-electron chi connectivity index (χ3n) is 3.67. The van der Waals surface area contributed by atoms with Crippen LogP contribution in [0.4, 0.5) is 13.2 Å². The minimum Gasteiger partial charge on any atom is -0.273 e. The van der Waals surface area contributed by atoms with Crippen LogP contribution < -0.4 is 11.2 Å². The van der Waals surface area contributed by atoms with Crippen molar-refractivity contribution in [3.05, 3.63) is 68.1 Å². The summed E-state index contributed by atoms with van der Waals surface area (Å²) < 4.78 is 40.1. The molecule has 0 atom stereocenters. The first-order valence-corrected chi connectivity index (χ1v) is 6.98. The largest absolute Gasteiger partial charge is 0.416 e. The maximum absolute atomic E-state index is 13.0. The first-order chi connectivity index (χ1) is 11.2. The van der Waals surface area contributed by atoms with Crippen LogP contribution in [0.3, 0.4) is 0 Å². The number of rotatable bonds is 1. The minimum atomic E-state index is -4.59. The summed E-state index contributed by atoms with van der Waals surface area (Å²) in [7, 11) is 0. The molecule has 0 aliphatic heterocycles. The van der Waals surface area contributed by atoms with Crippen LogP contribution in [0.2, 0.25) is 0 Å². The van der Waals surface area contributed by atoms with Gasteiger partial charge in [-0.25, -0.2) is 4.79 Å². The van der Waals surface area contributed by atoms with E-state index in [0.29, 0.717) is 11.4 Å². The second-order valence-electron chi connectivity index (χ2n) is 5.44. The molecule has 0 saturated heterocycles. The van der Waals surface area contributed by atoms with E-state index < -0.39 is 23.0 Å². The molecule has 0 aliphatic carbocycles. The fourth-order valence-electron chi connectivity index (χ4n) is 2.50. The zero-order chi connectivity index (χ0) is 17.6. The summed E-state index contributed by atoms with van der Waals surface area (Å²) in [6.07, 6.45) is -3.00. The topological polar surface area (TPSA) is 67.8 Å². The lowest BCUT2D eigenvalue weighted by atomic mass is 10.1. The van der Waals surface area contributed by atoms with Gasteiger partial charge in [0.25, 0.3) is 5.56 Å². The van der Waals surface area contributed by atoms with Gasteiger partial charge in [-0.15, -0.1) is 0 Å². The molecule has 5 nitrogen and oxygen atoms in total. The number of nitrogens with one attached hydrogen (secondary N) is 1. The molecular weight excluding hydrogens is 323 g/mol.